The fraction of sp³-hybridized carbons (Fsp3) is 0.333. The lowest BCUT2D eigenvalue weighted by Crippen LogP contribution is -2.39. The molecule has 0 aliphatic heterocycles. The zero-order chi connectivity index (χ0) is 21.6. The summed E-state index contributed by atoms with van der Waals surface area (Å²) in [5.41, 5.74) is -0.864. The monoisotopic (exact) mass is 406 g/mol. The number of hydrogen-bond acceptors (Lipinski definition) is 4. The fourth-order valence-electron chi connectivity index (χ4n) is 2.75. The SMILES string of the molecule is CCCC(Oc1ccc(C#N)c(C(F)(F)F)c1)C(=O)N[C@H](C)c1ccc(O)cc1. The number of nitrogens with zero attached hydrogens (tertiary/aromatic N) is 1. The number of alkyl halides is 3. The molecule has 2 N–H and O–H groups in total. The second-order valence-corrected chi connectivity index (χ2v) is 6.53. The van der Waals surface area contributed by atoms with Gasteiger partial charge in [0.1, 0.15) is 11.5 Å². The van der Waals surface area contributed by atoms with Gasteiger partial charge in [-0.2, -0.15) is 18.4 Å². The third-order valence-electron chi connectivity index (χ3n) is 4.29. The minimum Gasteiger partial charge on any atom is -0.508 e. The maximum absolute atomic E-state index is 13.1. The van der Waals surface area contributed by atoms with Crippen molar-refractivity contribution in [1.82, 2.24) is 5.32 Å². The molecule has 2 aromatic rings. The van der Waals surface area contributed by atoms with Crippen molar-refractivity contribution in [3.05, 3.63) is 59.2 Å². The molecule has 0 aliphatic carbocycles. The number of amides is 1. The van der Waals surface area contributed by atoms with Gasteiger partial charge in [-0.3, -0.25) is 4.79 Å². The molecule has 0 radical (unpaired) electrons. The van der Waals surface area contributed by atoms with Crippen molar-refractivity contribution >= 4 is 5.91 Å². The Hall–Kier alpha value is -3.21. The summed E-state index contributed by atoms with van der Waals surface area (Å²) in [5.74, 6) is -0.506. The van der Waals surface area contributed by atoms with Gasteiger partial charge in [0.2, 0.25) is 0 Å². The third-order valence-corrected chi connectivity index (χ3v) is 4.29. The number of nitriles is 1. The minimum atomic E-state index is -4.71. The number of rotatable bonds is 7. The lowest BCUT2D eigenvalue weighted by Gasteiger charge is -2.22. The van der Waals surface area contributed by atoms with Crippen LogP contribution in [0.25, 0.3) is 0 Å². The first-order valence-corrected chi connectivity index (χ1v) is 9.03. The molecule has 2 atom stereocenters. The highest BCUT2D eigenvalue weighted by Gasteiger charge is 2.34. The van der Waals surface area contributed by atoms with E-state index in [1.807, 2.05) is 6.92 Å². The van der Waals surface area contributed by atoms with Gasteiger partial charge >= 0.3 is 6.18 Å². The number of phenols is 1. The molecule has 2 rings (SSSR count). The first-order chi connectivity index (χ1) is 13.7. The highest BCUT2D eigenvalue weighted by molar-refractivity contribution is 5.81. The molecule has 1 amide bonds. The Balaban J connectivity index is 2.18. The molecule has 0 bridgehead atoms. The fourth-order valence-corrected chi connectivity index (χ4v) is 2.75. The topological polar surface area (TPSA) is 82.3 Å². The van der Waals surface area contributed by atoms with E-state index in [1.54, 1.807) is 19.1 Å². The van der Waals surface area contributed by atoms with E-state index in [0.29, 0.717) is 12.8 Å². The third kappa shape index (κ3) is 5.88. The van der Waals surface area contributed by atoms with Crippen LogP contribution in [0.5, 0.6) is 11.5 Å². The van der Waals surface area contributed by atoms with E-state index in [1.165, 1.54) is 24.3 Å². The molecule has 0 fully saturated rings. The van der Waals surface area contributed by atoms with Crippen LogP contribution < -0.4 is 10.1 Å². The molecular weight excluding hydrogens is 385 g/mol. The van der Waals surface area contributed by atoms with Gasteiger partial charge in [-0.15, -0.1) is 0 Å². The van der Waals surface area contributed by atoms with E-state index in [-0.39, 0.29) is 11.5 Å². The zero-order valence-electron chi connectivity index (χ0n) is 16.0. The summed E-state index contributed by atoms with van der Waals surface area (Å²) in [4.78, 5) is 12.6. The number of halogens is 3. The predicted octanol–water partition coefficient (Wildman–Crippen LogP) is 4.71. The lowest BCUT2D eigenvalue weighted by molar-refractivity contribution is -0.137. The summed E-state index contributed by atoms with van der Waals surface area (Å²) in [6, 6.07) is 10.4. The van der Waals surface area contributed by atoms with Crippen molar-refractivity contribution in [2.75, 3.05) is 0 Å². The zero-order valence-corrected chi connectivity index (χ0v) is 16.0. The molecular formula is C21H21F3N2O3. The van der Waals surface area contributed by atoms with Gasteiger partial charge in [-0.05, 0) is 49.2 Å². The van der Waals surface area contributed by atoms with Crippen LogP contribution in [0, 0.1) is 11.3 Å². The Bertz CT molecular complexity index is 890. The molecule has 0 saturated carbocycles. The number of phenolic OH excluding ortho intramolecular Hbond substituents is 1. The predicted molar refractivity (Wildman–Crippen MR) is 100 cm³/mol. The summed E-state index contributed by atoms with van der Waals surface area (Å²) in [6.07, 6.45) is -4.82. The molecule has 0 aromatic heterocycles. The number of nitrogens with one attached hydrogen (secondary N) is 1. The van der Waals surface area contributed by atoms with E-state index < -0.39 is 35.4 Å². The van der Waals surface area contributed by atoms with E-state index in [9.17, 15) is 23.1 Å². The second kappa shape index (κ2) is 9.32. The maximum atomic E-state index is 13.1. The summed E-state index contributed by atoms with van der Waals surface area (Å²) >= 11 is 0. The molecule has 0 heterocycles. The van der Waals surface area contributed by atoms with Crippen LogP contribution in [0.1, 0.15) is 49.4 Å². The molecule has 154 valence electrons. The summed E-state index contributed by atoms with van der Waals surface area (Å²) in [6.45, 7) is 3.57. The number of ether oxygens (including phenoxy) is 1. The molecule has 5 nitrogen and oxygen atoms in total. The van der Waals surface area contributed by atoms with Crippen molar-refractivity contribution < 1.29 is 27.8 Å². The van der Waals surface area contributed by atoms with Crippen molar-refractivity contribution in [3.8, 4) is 17.6 Å². The first-order valence-electron chi connectivity index (χ1n) is 9.03. The highest BCUT2D eigenvalue weighted by Crippen LogP contribution is 2.34. The van der Waals surface area contributed by atoms with Gasteiger partial charge < -0.3 is 15.2 Å². The molecule has 1 unspecified atom stereocenters. The summed E-state index contributed by atoms with van der Waals surface area (Å²) in [7, 11) is 0. The van der Waals surface area contributed by atoms with Crippen LogP contribution in [0.2, 0.25) is 0 Å². The van der Waals surface area contributed by atoms with E-state index in [0.717, 1.165) is 17.7 Å². The highest BCUT2D eigenvalue weighted by atomic mass is 19.4. The van der Waals surface area contributed by atoms with Crippen LogP contribution in [0.4, 0.5) is 13.2 Å². The number of aromatic hydroxyl groups is 1. The summed E-state index contributed by atoms with van der Waals surface area (Å²) < 4.78 is 45.0. The van der Waals surface area contributed by atoms with Crippen molar-refractivity contribution in [2.24, 2.45) is 0 Å². The van der Waals surface area contributed by atoms with E-state index in [2.05, 4.69) is 5.32 Å². The molecule has 29 heavy (non-hydrogen) atoms. The molecule has 2 aromatic carbocycles. The van der Waals surface area contributed by atoms with Crippen LogP contribution >= 0.6 is 0 Å². The second-order valence-electron chi connectivity index (χ2n) is 6.53. The van der Waals surface area contributed by atoms with Gasteiger partial charge in [0.25, 0.3) is 5.91 Å². The number of benzene rings is 2. The molecule has 0 aliphatic rings. The van der Waals surface area contributed by atoms with Crippen molar-refractivity contribution in [2.45, 2.75) is 45.0 Å². The van der Waals surface area contributed by atoms with Crippen LogP contribution in [0.15, 0.2) is 42.5 Å². The molecule has 8 heteroatoms. The van der Waals surface area contributed by atoms with Gasteiger partial charge in [0, 0.05) is 0 Å². The normalized spacial score (nSPS) is 13.2. The Labute approximate surface area is 166 Å². The number of carbonyl (C=O) groups excluding carboxylic acids is 1. The van der Waals surface area contributed by atoms with Gasteiger partial charge in [0.05, 0.1) is 23.2 Å². The van der Waals surface area contributed by atoms with Crippen molar-refractivity contribution in [3.63, 3.8) is 0 Å². The molecule has 0 spiro atoms. The minimum absolute atomic E-state index is 0.0979. The van der Waals surface area contributed by atoms with Crippen LogP contribution in [-0.2, 0) is 11.0 Å². The van der Waals surface area contributed by atoms with Gasteiger partial charge in [-0.25, -0.2) is 0 Å². The molecule has 0 saturated heterocycles. The van der Waals surface area contributed by atoms with Crippen molar-refractivity contribution in [1.29, 1.82) is 5.26 Å². The smallest absolute Gasteiger partial charge is 0.417 e. The average Bonchev–Trinajstić information content (AvgIpc) is 2.67. The van der Waals surface area contributed by atoms with Gasteiger partial charge in [-0.1, -0.05) is 25.5 Å². The largest absolute Gasteiger partial charge is 0.508 e. The van der Waals surface area contributed by atoms with Gasteiger partial charge in [0.15, 0.2) is 6.10 Å². The Kier molecular flexibility index (Phi) is 7.10. The Morgan fingerprint density at radius 1 is 1.24 bits per heavy atom. The Morgan fingerprint density at radius 3 is 2.45 bits per heavy atom. The number of hydrogen-bond donors (Lipinski definition) is 2. The lowest BCUT2D eigenvalue weighted by atomic mass is 10.1. The van der Waals surface area contributed by atoms with Crippen LogP contribution in [0.3, 0.4) is 0 Å². The standard InChI is InChI=1S/C21H21F3N2O3/c1-3-4-19(20(28)26-13(2)14-5-8-16(27)9-6-14)29-17-10-7-15(12-25)18(11-17)21(22,23)24/h5-11,13,19,27H,3-4H2,1-2H3,(H,26,28)/t13-,19?/m1/s1. The first kappa shape index (κ1) is 22.1. The van der Waals surface area contributed by atoms with Crippen LogP contribution in [-0.4, -0.2) is 17.1 Å². The maximum Gasteiger partial charge on any atom is 0.417 e. The summed E-state index contributed by atoms with van der Waals surface area (Å²) in [5, 5.41) is 21.0. The van der Waals surface area contributed by atoms with E-state index >= 15 is 0 Å². The average molecular weight is 406 g/mol. The quantitative estimate of drug-likeness (QED) is 0.698. The van der Waals surface area contributed by atoms with E-state index in [4.69, 9.17) is 10.00 Å². The number of carbonyl (C=O) groups is 1. The Morgan fingerprint density at radius 2 is 1.90 bits per heavy atom.